The molecule has 0 spiro atoms. The van der Waals surface area contributed by atoms with Gasteiger partial charge < -0.3 is 10.2 Å². The second kappa shape index (κ2) is 8.61. The topological polar surface area (TPSA) is 62.3 Å². The summed E-state index contributed by atoms with van der Waals surface area (Å²) in [6, 6.07) is 9.01. The molecule has 0 aliphatic rings. The molecule has 5 heteroatoms. The van der Waals surface area contributed by atoms with Gasteiger partial charge in [0.25, 0.3) is 11.8 Å². The van der Waals surface area contributed by atoms with Crippen molar-refractivity contribution in [3.8, 4) is 0 Å². The Balaban J connectivity index is 2.19. The largest absolute Gasteiger partial charge is 0.340 e. The molecule has 0 atom stereocenters. The number of carbonyl (C=O) groups excluding carboxylic acids is 2. The minimum atomic E-state index is -0.314. The van der Waals surface area contributed by atoms with Gasteiger partial charge in [0.05, 0.1) is 0 Å². The number of aromatic nitrogens is 1. The molecule has 0 saturated heterocycles. The van der Waals surface area contributed by atoms with E-state index in [2.05, 4.69) is 17.2 Å². The Morgan fingerprint density at radius 2 is 1.69 bits per heavy atom. The standard InChI is InChI=1S/C21H27N3O2/c1-6-7-11-24(5)21(26)18-10-8-9-17(22-18)20(25)23-19-15(3)12-14(2)13-16(19)4/h8-10,12-13H,6-7,11H2,1-5H3,(H,23,25). The van der Waals surface area contributed by atoms with E-state index < -0.39 is 0 Å². The summed E-state index contributed by atoms with van der Waals surface area (Å²) in [6.07, 6.45) is 1.96. The number of amides is 2. The molecule has 5 nitrogen and oxygen atoms in total. The maximum Gasteiger partial charge on any atom is 0.274 e. The predicted molar refractivity (Wildman–Crippen MR) is 105 cm³/mol. The Bertz CT molecular complexity index is 792. The van der Waals surface area contributed by atoms with E-state index in [0.717, 1.165) is 35.2 Å². The number of rotatable bonds is 6. The van der Waals surface area contributed by atoms with Crippen molar-refractivity contribution in [2.75, 3.05) is 18.9 Å². The predicted octanol–water partition coefficient (Wildman–Crippen LogP) is 4.13. The van der Waals surface area contributed by atoms with E-state index in [1.54, 1.807) is 30.1 Å². The first-order chi connectivity index (χ1) is 12.3. The van der Waals surface area contributed by atoms with Gasteiger partial charge in [-0.05, 0) is 50.5 Å². The zero-order valence-electron chi connectivity index (χ0n) is 16.2. The summed E-state index contributed by atoms with van der Waals surface area (Å²) in [7, 11) is 1.76. The van der Waals surface area contributed by atoms with Crippen LogP contribution in [0.2, 0.25) is 0 Å². The van der Waals surface area contributed by atoms with E-state index >= 15 is 0 Å². The van der Waals surface area contributed by atoms with Crippen LogP contribution in [0.4, 0.5) is 5.69 Å². The zero-order chi connectivity index (χ0) is 19.3. The molecule has 0 bridgehead atoms. The molecule has 0 unspecified atom stereocenters. The molecule has 1 N–H and O–H groups in total. The molecule has 1 aromatic heterocycles. The molecule has 2 aromatic rings. The van der Waals surface area contributed by atoms with Gasteiger partial charge in [-0.3, -0.25) is 9.59 Å². The van der Waals surface area contributed by atoms with E-state index in [4.69, 9.17) is 0 Å². The number of anilines is 1. The van der Waals surface area contributed by atoms with Crippen molar-refractivity contribution in [1.82, 2.24) is 9.88 Å². The van der Waals surface area contributed by atoms with Gasteiger partial charge in [-0.2, -0.15) is 0 Å². The summed E-state index contributed by atoms with van der Waals surface area (Å²) in [4.78, 5) is 31.0. The fourth-order valence-electron chi connectivity index (χ4n) is 2.93. The molecule has 138 valence electrons. The van der Waals surface area contributed by atoms with E-state index in [1.807, 2.05) is 32.9 Å². The summed E-state index contributed by atoms with van der Waals surface area (Å²) in [5.74, 6) is -0.485. The number of carbonyl (C=O) groups is 2. The van der Waals surface area contributed by atoms with E-state index in [-0.39, 0.29) is 23.2 Å². The van der Waals surface area contributed by atoms with Crippen LogP contribution in [-0.4, -0.2) is 35.3 Å². The highest BCUT2D eigenvalue weighted by molar-refractivity contribution is 6.04. The van der Waals surface area contributed by atoms with Crippen molar-refractivity contribution in [2.24, 2.45) is 0 Å². The van der Waals surface area contributed by atoms with Crippen LogP contribution in [0.1, 0.15) is 57.4 Å². The first kappa shape index (κ1) is 19.6. The van der Waals surface area contributed by atoms with Gasteiger partial charge in [-0.15, -0.1) is 0 Å². The van der Waals surface area contributed by atoms with E-state index in [9.17, 15) is 9.59 Å². The molecule has 2 rings (SSSR count). The number of hydrogen-bond donors (Lipinski definition) is 1. The number of nitrogens with zero attached hydrogens (tertiary/aromatic N) is 2. The Kier molecular flexibility index (Phi) is 6.50. The summed E-state index contributed by atoms with van der Waals surface area (Å²) >= 11 is 0. The van der Waals surface area contributed by atoms with Crippen molar-refractivity contribution in [2.45, 2.75) is 40.5 Å². The Hall–Kier alpha value is -2.69. The third-order valence-corrected chi connectivity index (χ3v) is 4.31. The van der Waals surface area contributed by atoms with Crippen molar-refractivity contribution in [1.29, 1.82) is 0 Å². The molecule has 0 radical (unpaired) electrons. The average Bonchev–Trinajstić information content (AvgIpc) is 2.61. The fraction of sp³-hybridized carbons (Fsp3) is 0.381. The van der Waals surface area contributed by atoms with Crippen LogP contribution in [0.5, 0.6) is 0 Å². The molecule has 1 heterocycles. The van der Waals surface area contributed by atoms with Gasteiger partial charge in [0.15, 0.2) is 0 Å². The van der Waals surface area contributed by atoms with E-state index in [1.165, 1.54) is 0 Å². The number of pyridine rings is 1. The Labute approximate surface area is 155 Å². The van der Waals surface area contributed by atoms with Gasteiger partial charge in [0.1, 0.15) is 11.4 Å². The molecule has 0 fully saturated rings. The highest BCUT2D eigenvalue weighted by Crippen LogP contribution is 2.22. The SMILES string of the molecule is CCCCN(C)C(=O)c1cccc(C(=O)Nc2c(C)cc(C)cc2C)n1. The highest BCUT2D eigenvalue weighted by Gasteiger charge is 2.16. The summed E-state index contributed by atoms with van der Waals surface area (Å²) in [5.41, 5.74) is 4.47. The number of nitrogens with one attached hydrogen (secondary N) is 1. The Morgan fingerprint density at radius 1 is 1.08 bits per heavy atom. The van der Waals surface area contributed by atoms with Crippen molar-refractivity contribution < 1.29 is 9.59 Å². The molecular formula is C21H27N3O2. The molecule has 0 saturated carbocycles. The summed E-state index contributed by atoms with van der Waals surface area (Å²) < 4.78 is 0. The fourth-order valence-corrected chi connectivity index (χ4v) is 2.93. The van der Waals surface area contributed by atoms with Gasteiger partial charge in [-0.25, -0.2) is 4.98 Å². The van der Waals surface area contributed by atoms with Crippen LogP contribution in [0.25, 0.3) is 0 Å². The van der Waals surface area contributed by atoms with Crippen LogP contribution in [0.15, 0.2) is 30.3 Å². The van der Waals surface area contributed by atoms with E-state index in [0.29, 0.717) is 6.54 Å². The van der Waals surface area contributed by atoms with Crippen molar-refractivity contribution >= 4 is 17.5 Å². The molecule has 26 heavy (non-hydrogen) atoms. The lowest BCUT2D eigenvalue weighted by atomic mass is 10.0. The number of aryl methyl sites for hydroxylation is 3. The van der Waals surface area contributed by atoms with Gasteiger partial charge >= 0.3 is 0 Å². The van der Waals surface area contributed by atoms with Crippen LogP contribution >= 0.6 is 0 Å². The van der Waals surface area contributed by atoms with Crippen LogP contribution in [0.3, 0.4) is 0 Å². The third-order valence-electron chi connectivity index (χ3n) is 4.31. The quantitative estimate of drug-likeness (QED) is 0.849. The first-order valence-electron chi connectivity index (χ1n) is 8.95. The molecular weight excluding hydrogens is 326 g/mol. The highest BCUT2D eigenvalue weighted by atomic mass is 16.2. The lowest BCUT2D eigenvalue weighted by Gasteiger charge is -2.16. The normalized spacial score (nSPS) is 10.5. The van der Waals surface area contributed by atoms with Crippen molar-refractivity contribution in [3.05, 3.63) is 58.4 Å². The van der Waals surface area contributed by atoms with Crippen LogP contribution in [-0.2, 0) is 0 Å². The minimum Gasteiger partial charge on any atom is -0.340 e. The number of hydrogen-bond acceptors (Lipinski definition) is 3. The molecule has 2 amide bonds. The van der Waals surface area contributed by atoms with Gasteiger partial charge in [-0.1, -0.05) is 37.1 Å². The summed E-state index contributed by atoms with van der Waals surface area (Å²) in [5, 5.41) is 2.93. The summed E-state index contributed by atoms with van der Waals surface area (Å²) in [6.45, 7) is 8.71. The smallest absolute Gasteiger partial charge is 0.274 e. The first-order valence-corrected chi connectivity index (χ1v) is 8.95. The van der Waals surface area contributed by atoms with Gasteiger partial charge in [0.2, 0.25) is 0 Å². The zero-order valence-corrected chi connectivity index (χ0v) is 16.2. The third kappa shape index (κ3) is 4.69. The van der Waals surface area contributed by atoms with Gasteiger partial charge in [0, 0.05) is 19.3 Å². The average molecular weight is 353 g/mol. The van der Waals surface area contributed by atoms with Crippen LogP contribution < -0.4 is 5.32 Å². The lowest BCUT2D eigenvalue weighted by molar-refractivity contribution is 0.0787. The minimum absolute atomic E-state index is 0.171. The Morgan fingerprint density at radius 3 is 2.31 bits per heavy atom. The molecule has 1 aromatic carbocycles. The lowest BCUT2D eigenvalue weighted by Crippen LogP contribution is -2.29. The maximum absolute atomic E-state index is 12.6. The monoisotopic (exact) mass is 353 g/mol. The maximum atomic E-state index is 12.6. The number of benzene rings is 1. The van der Waals surface area contributed by atoms with Crippen molar-refractivity contribution in [3.63, 3.8) is 0 Å². The molecule has 0 aliphatic carbocycles. The van der Waals surface area contributed by atoms with Crippen LogP contribution in [0, 0.1) is 20.8 Å². The second-order valence-corrected chi connectivity index (χ2v) is 6.72. The molecule has 0 aliphatic heterocycles. The second-order valence-electron chi connectivity index (χ2n) is 6.72. The number of unbranched alkanes of at least 4 members (excludes halogenated alkanes) is 1.